The minimum Gasteiger partial charge on any atom is -0.728 e. The van der Waals surface area contributed by atoms with Crippen LogP contribution in [0.25, 0.3) is 6.08 Å². The van der Waals surface area contributed by atoms with Gasteiger partial charge in [0.25, 0.3) is 0 Å². The van der Waals surface area contributed by atoms with Crippen LogP contribution < -0.4 is 29.6 Å². The maximum absolute atomic E-state index is 10.1. The zero-order valence-corrected chi connectivity index (χ0v) is 10.9. The summed E-state index contributed by atoms with van der Waals surface area (Å²) in [5.74, 6) is 0. The summed E-state index contributed by atoms with van der Waals surface area (Å²) in [6, 6.07) is 6.50. The Morgan fingerprint density at radius 2 is 2.07 bits per heavy atom. The molecule has 0 fully saturated rings. The standard InChI is InChI=1S/C8H8N2O3S.Na/c1-2-7-4-3-5-8(6-7)9-10-14(11,12)13;/h2-6H,1H2,(H,11,12,13);/q;+1/p-1. The van der Waals surface area contributed by atoms with Crippen LogP contribution in [-0.2, 0) is 10.3 Å². The van der Waals surface area contributed by atoms with Gasteiger partial charge < -0.3 is 4.55 Å². The van der Waals surface area contributed by atoms with Crippen LogP contribution in [0.15, 0.2) is 40.5 Å². The second-order valence-corrected chi connectivity index (χ2v) is 3.43. The third-order valence-electron chi connectivity index (χ3n) is 1.36. The first-order chi connectivity index (χ1) is 6.51. The molecule has 0 unspecified atom stereocenters. The predicted octanol–water partition coefficient (Wildman–Crippen LogP) is -1.12. The van der Waals surface area contributed by atoms with Gasteiger partial charge in [-0.25, -0.2) is 8.42 Å². The van der Waals surface area contributed by atoms with Crippen molar-refractivity contribution in [3.8, 4) is 0 Å². The third-order valence-corrected chi connectivity index (χ3v) is 1.64. The molecule has 0 radical (unpaired) electrons. The molecule has 0 aromatic heterocycles. The summed E-state index contributed by atoms with van der Waals surface area (Å²) in [5, 5.41) is 3.26. The summed E-state index contributed by atoms with van der Waals surface area (Å²) in [4.78, 5) is 0. The van der Waals surface area contributed by atoms with Crippen LogP contribution in [-0.4, -0.2) is 13.0 Å². The molecule has 0 aliphatic rings. The number of hydrogen-bond donors (Lipinski definition) is 0. The Kier molecular flexibility index (Phi) is 5.92. The smallest absolute Gasteiger partial charge is 0.728 e. The Hall–Kier alpha value is -0.530. The molecule has 0 heterocycles. The second kappa shape index (κ2) is 6.14. The van der Waals surface area contributed by atoms with Crippen molar-refractivity contribution in [3.05, 3.63) is 36.4 Å². The van der Waals surface area contributed by atoms with Gasteiger partial charge in [-0.1, -0.05) is 29.3 Å². The average Bonchev–Trinajstić information content (AvgIpc) is 2.14. The van der Waals surface area contributed by atoms with Gasteiger partial charge in [-0.2, -0.15) is 0 Å². The molecular weight excluding hydrogens is 227 g/mol. The summed E-state index contributed by atoms with van der Waals surface area (Å²) < 4.78 is 33.0. The summed E-state index contributed by atoms with van der Waals surface area (Å²) in [6.45, 7) is 3.53. The molecule has 0 N–H and O–H groups in total. The quantitative estimate of drug-likeness (QED) is 0.377. The summed E-state index contributed by atoms with van der Waals surface area (Å²) in [6.07, 6.45) is 1.57. The van der Waals surface area contributed by atoms with E-state index in [2.05, 4.69) is 16.2 Å². The van der Waals surface area contributed by atoms with Crippen molar-refractivity contribution in [3.63, 3.8) is 0 Å². The number of rotatable bonds is 3. The van der Waals surface area contributed by atoms with Gasteiger partial charge >= 0.3 is 29.6 Å². The molecule has 5 nitrogen and oxygen atoms in total. The third kappa shape index (κ3) is 5.81. The summed E-state index contributed by atoms with van der Waals surface area (Å²) in [5.41, 5.74) is 1.06. The zero-order chi connectivity index (χ0) is 10.6. The Labute approximate surface area is 110 Å². The van der Waals surface area contributed by atoms with Gasteiger partial charge in [0.05, 0.1) is 5.69 Å². The SMILES string of the molecule is C=Cc1cccc(N=NS(=O)(=O)[O-])c1.[Na+]. The first-order valence-electron chi connectivity index (χ1n) is 3.62. The van der Waals surface area contributed by atoms with E-state index in [4.69, 9.17) is 0 Å². The number of nitrogens with zero attached hydrogens (tertiary/aromatic N) is 2. The van der Waals surface area contributed by atoms with E-state index < -0.39 is 10.3 Å². The minimum atomic E-state index is -4.66. The Balaban J connectivity index is 0.00000196. The normalized spacial score (nSPS) is 11.0. The van der Waals surface area contributed by atoms with Gasteiger partial charge in [0, 0.05) is 0 Å². The molecule has 1 aromatic carbocycles. The van der Waals surface area contributed by atoms with Crippen molar-refractivity contribution in [2.45, 2.75) is 0 Å². The van der Waals surface area contributed by atoms with Crippen molar-refractivity contribution < 1.29 is 42.5 Å². The van der Waals surface area contributed by atoms with Crippen molar-refractivity contribution >= 4 is 22.1 Å². The second-order valence-electron chi connectivity index (χ2n) is 2.41. The molecule has 0 spiro atoms. The van der Waals surface area contributed by atoms with Gasteiger partial charge in [0.15, 0.2) is 0 Å². The van der Waals surface area contributed by atoms with E-state index in [-0.39, 0.29) is 29.6 Å². The molecule has 0 amide bonds. The fourth-order valence-corrected chi connectivity index (χ4v) is 1.01. The van der Waals surface area contributed by atoms with Gasteiger partial charge in [-0.05, 0) is 17.7 Å². The molecule has 0 atom stereocenters. The molecule has 15 heavy (non-hydrogen) atoms. The molecule has 0 saturated heterocycles. The van der Waals surface area contributed by atoms with Crippen LogP contribution in [0.3, 0.4) is 0 Å². The predicted molar refractivity (Wildman–Crippen MR) is 50.7 cm³/mol. The zero-order valence-electron chi connectivity index (χ0n) is 8.12. The van der Waals surface area contributed by atoms with E-state index in [1.807, 2.05) is 0 Å². The van der Waals surface area contributed by atoms with Gasteiger partial charge in [-0.15, -0.1) is 5.11 Å². The summed E-state index contributed by atoms with van der Waals surface area (Å²) >= 11 is 0. The minimum absolute atomic E-state index is 0. The van der Waals surface area contributed by atoms with E-state index in [0.717, 1.165) is 5.56 Å². The van der Waals surface area contributed by atoms with Crippen molar-refractivity contribution in [2.24, 2.45) is 9.63 Å². The molecule has 0 aliphatic heterocycles. The van der Waals surface area contributed by atoms with E-state index in [1.54, 1.807) is 24.3 Å². The first kappa shape index (κ1) is 14.5. The van der Waals surface area contributed by atoms with Crippen LogP contribution in [0.2, 0.25) is 0 Å². The van der Waals surface area contributed by atoms with Gasteiger partial charge in [-0.3, -0.25) is 0 Å². The fourth-order valence-electron chi connectivity index (χ4n) is 0.811. The number of benzene rings is 1. The van der Waals surface area contributed by atoms with Crippen molar-refractivity contribution in [1.82, 2.24) is 0 Å². The molecule has 0 saturated carbocycles. The molecular formula is C8H7N2NaO3S. The maximum Gasteiger partial charge on any atom is 1.00 e. The van der Waals surface area contributed by atoms with E-state index in [9.17, 15) is 13.0 Å². The summed E-state index contributed by atoms with van der Waals surface area (Å²) in [7, 11) is -4.66. The molecule has 0 aliphatic carbocycles. The van der Waals surface area contributed by atoms with Gasteiger partial charge in [0.1, 0.15) is 0 Å². The van der Waals surface area contributed by atoms with Crippen LogP contribution in [0.1, 0.15) is 5.56 Å². The van der Waals surface area contributed by atoms with E-state index in [1.165, 1.54) is 6.07 Å². The molecule has 7 heteroatoms. The number of hydrogen-bond acceptors (Lipinski definition) is 4. The van der Waals surface area contributed by atoms with Crippen LogP contribution in [0, 0.1) is 0 Å². The monoisotopic (exact) mass is 234 g/mol. The van der Waals surface area contributed by atoms with Crippen LogP contribution in [0.5, 0.6) is 0 Å². The Morgan fingerprint density at radius 1 is 1.40 bits per heavy atom. The molecule has 1 rings (SSSR count). The average molecular weight is 234 g/mol. The fraction of sp³-hybridized carbons (Fsp3) is 0. The van der Waals surface area contributed by atoms with Crippen molar-refractivity contribution in [1.29, 1.82) is 0 Å². The van der Waals surface area contributed by atoms with E-state index >= 15 is 0 Å². The van der Waals surface area contributed by atoms with E-state index in [0.29, 0.717) is 5.69 Å². The molecule has 0 bridgehead atoms. The topological polar surface area (TPSA) is 81.9 Å². The Morgan fingerprint density at radius 3 is 2.60 bits per heavy atom. The first-order valence-corrected chi connectivity index (χ1v) is 4.99. The van der Waals surface area contributed by atoms with Gasteiger partial charge in [0.2, 0.25) is 10.3 Å². The van der Waals surface area contributed by atoms with Crippen LogP contribution in [0.4, 0.5) is 5.69 Å². The van der Waals surface area contributed by atoms with Crippen molar-refractivity contribution in [2.75, 3.05) is 0 Å². The molecule has 74 valence electrons. The van der Waals surface area contributed by atoms with Crippen LogP contribution >= 0.6 is 0 Å². The largest absolute Gasteiger partial charge is 1.00 e. The Bertz CT molecular complexity index is 471. The maximum atomic E-state index is 10.1. The molecule has 1 aromatic rings.